The molecule has 0 bridgehead atoms. The van der Waals surface area contributed by atoms with Gasteiger partial charge in [0, 0.05) is 11.6 Å². The Morgan fingerprint density at radius 2 is 1.64 bits per heavy atom. The van der Waals surface area contributed by atoms with Crippen LogP contribution < -0.4 is 14.2 Å². The molecule has 3 nitrogen and oxygen atoms in total. The summed E-state index contributed by atoms with van der Waals surface area (Å²) < 4.78 is 16.1. The van der Waals surface area contributed by atoms with E-state index in [-0.39, 0.29) is 0 Å². The Morgan fingerprint density at radius 3 is 2.36 bits per heavy atom. The molecule has 0 aromatic heterocycles. The molecule has 2 aromatic rings. The van der Waals surface area contributed by atoms with E-state index in [9.17, 15) is 0 Å². The third-order valence-corrected chi connectivity index (χ3v) is 3.56. The van der Waals surface area contributed by atoms with Crippen LogP contribution in [-0.4, -0.2) is 20.8 Å². The zero-order valence-electron chi connectivity index (χ0n) is 12.7. The van der Waals surface area contributed by atoms with E-state index >= 15 is 0 Å². The molecule has 0 saturated heterocycles. The van der Waals surface area contributed by atoms with Gasteiger partial charge < -0.3 is 14.2 Å². The second kappa shape index (κ2) is 6.39. The van der Waals surface area contributed by atoms with Crippen molar-refractivity contribution in [3.63, 3.8) is 0 Å². The van der Waals surface area contributed by atoms with Gasteiger partial charge in [-0.15, -0.1) is 0 Å². The second-order valence-electron chi connectivity index (χ2n) is 5.02. The van der Waals surface area contributed by atoms with Crippen LogP contribution in [0.3, 0.4) is 0 Å². The second-order valence-corrected chi connectivity index (χ2v) is 5.02. The quantitative estimate of drug-likeness (QED) is 0.846. The largest absolute Gasteiger partial charge is 0.497 e. The van der Waals surface area contributed by atoms with E-state index in [1.54, 1.807) is 14.2 Å². The first-order valence-corrected chi connectivity index (χ1v) is 7.12. The molecule has 2 aromatic carbocycles. The van der Waals surface area contributed by atoms with E-state index in [0.717, 1.165) is 33.9 Å². The highest BCUT2D eigenvalue weighted by Gasteiger charge is 2.10. The molecule has 112 valence electrons. The Labute approximate surface area is 130 Å². The lowest BCUT2D eigenvalue weighted by Crippen LogP contribution is -2.05. The van der Waals surface area contributed by atoms with E-state index in [0.29, 0.717) is 6.61 Å². The molecule has 0 spiro atoms. The van der Waals surface area contributed by atoms with Gasteiger partial charge in [0.1, 0.15) is 23.9 Å². The molecular formula is C19H18O3. The standard InChI is InChI=1S/C19H18O3/c1-20-17-8-5-14(6-9-17)3-4-15-11-16-7-10-18(21-2)12-19(16)22-13-15/h3-12H,13H2,1-2H3/b4-3+. The number of rotatable bonds is 4. The van der Waals surface area contributed by atoms with Gasteiger partial charge in [0.15, 0.2) is 0 Å². The minimum Gasteiger partial charge on any atom is -0.497 e. The van der Waals surface area contributed by atoms with Crippen molar-refractivity contribution >= 4 is 12.2 Å². The number of ether oxygens (including phenoxy) is 3. The van der Waals surface area contributed by atoms with Crippen LogP contribution in [-0.2, 0) is 0 Å². The first-order valence-electron chi connectivity index (χ1n) is 7.12. The van der Waals surface area contributed by atoms with Gasteiger partial charge in [0.2, 0.25) is 0 Å². The fraction of sp³-hybridized carbons (Fsp3) is 0.158. The summed E-state index contributed by atoms with van der Waals surface area (Å²) in [4.78, 5) is 0. The molecular weight excluding hydrogens is 276 g/mol. The topological polar surface area (TPSA) is 27.7 Å². The van der Waals surface area contributed by atoms with Crippen LogP contribution in [0.1, 0.15) is 11.1 Å². The lowest BCUT2D eigenvalue weighted by atomic mass is 10.1. The average molecular weight is 294 g/mol. The summed E-state index contributed by atoms with van der Waals surface area (Å²) in [6.45, 7) is 0.562. The van der Waals surface area contributed by atoms with E-state index < -0.39 is 0 Å². The molecule has 0 saturated carbocycles. The molecule has 22 heavy (non-hydrogen) atoms. The highest BCUT2D eigenvalue weighted by molar-refractivity contribution is 5.68. The minimum absolute atomic E-state index is 0.562. The van der Waals surface area contributed by atoms with Crippen LogP contribution in [0, 0.1) is 0 Å². The van der Waals surface area contributed by atoms with Crippen molar-refractivity contribution in [2.24, 2.45) is 0 Å². The Kier molecular flexibility index (Phi) is 4.15. The Bertz CT molecular complexity index is 712. The van der Waals surface area contributed by atoms with Crippen LogP contribution in [0.5, 0.6) is 17.2 Å². The number of benzene rings is 2. The van der Waals surface area contributed by atoms with Crippen molar-refractivity contribution in [1.82, 2.24) is 0 Å². The average Bonchev–Trinajstić information content (AvgIpc) is 2.59. The predicted molar refractivity (Wildman–Crippen MR) is 88.5 cm³/mol. The van der Waals surface area contributed by atoms with Gasteiger partial charge in [-0.3, -0.25) is 0 Å². The molecule has 1 heterocycles. The Hall–Kier alpha value is -2.68. The van der Waals surface area contributed by atoms with E-state index in [1.807, 2.05) is 42.5 Å². The fourth-order valence-corrected chi connectivity index (χ4v) is 2.30. The van der Waals surface area contributed by atoms with Gasteiger partial charge in [-0.05, 0) is 41.5 Å². The van der Waals surface area contributed by atoms with E-state index in [2.05, 4.69) is 18.2 Å². The Balaban J connectivity index is 1.77. The summed E-state index contributed by atoms with van der Waals surface area (Å²) in [7, 11) is 3.32. The predicted octanol–water partition coefficient (Wildman–Crippen LogP) is 4.19. The molecule has 3 rings (SSSR count). The van der Waals surface area contributed by atoms with Gasteiger partial charge in [-0.1, -0.05) is 24.3 Å². The monoisotopic (exact) mass is 294 g/mol. The molecule has 0 radical (unpaired) electrons. The highest BCUT2D eigenvalue weighted by Crippen LogP contribution is 2.30. The van der Waals surface area contributed by atoms with Gasteiger partial charge >= 0.3 is 0 Å². The van der Waals surface area contributed by atoms with Crippen LogP contribution in [0.25, 0.3) is 12.2 Å². The summed E-state index contributed by atoms with van der Waals surface area (Å²) in [6, 6.07) is 13.8. The lowest BCUT2D eigenvalue weighted by Gasteiger charge is -2.16. The summed E-state index contributed by atoms with van der Waals surface area (Å²) in [5.41, 5.74) is 3.33. The molecule has 0 unspecified atom stereocenters. The van der Waals surface area contributed by atoms with Gasteiger partial charge in [0.05, 0.1) is 14.2 Å². The van der Waals surface area contributed by atoms with Gasteiger partial charge in [-0.2, -0.15) is 0 Å². The van der Waals surface area contributed by atoms with Crippen molar-refractivity contribution < 1.29 is 14.2 Å². The zero-order chi connectivity index (χ0) is 15.4. The van der Waals surface area contributed by atoms with Gasteiger partial charge in [0.25, 0.3) is 0 Å². The van der Waals surface area contributed by atoms with Crippen LogP contribution in [0.4, 0.5) is 0 Å². The van der Waals surface area contributed by atoms with E-state index in [1.165, 1.54) is 0 Å². The molecule has 0 N–H and O–H groups in total. The first-order chi connectivity index (χ1) is 10.8. The number of fused-ring (bicyclic) bond motifs is 1. The smallest absolute Gasteiger partial charge is 0.130 e. The first kappa shape index (κ1) is 14.3. The molecule has 0 amide bonds. The lowest BCUT2D eigenvalue weighted by molar-refractivity contribution is 0.346. The van der Waals surface area contributed by atoms with Crippen molar-refractivity contribution in [1.29, 1.82) is 0 Å². The van der Waals surface area contributed by atoms with Gasteiger partial charge in [-0.25, -0.2) is 0 Å². The normalized spacial score (nSPS) is 13.3. The Morgan fingerprint density at radius 1 is 0.909 bits per heavy atom. The zero-order valence-corrected chi connectivity index (χ0v) is 12.7. The molecule has 0 fully saturated rings. The number of hydrogen-bond acceptors (Lipinski definition) is 3. The van der Waals surface area contributed by atoms with Crippen LogP contribution >= 0.6 is 0 Å². The molecule has 1 aliphatic heterocycles. The molecule has 3 heteroatoms. The summed E-state index contributed by atoms with van der Waals surface area (Å²) in [5, 5.41) is 0. The maximum Gasteiger partial charge on any atom is 0.130 e. The minimum atomic E-state index is 0.562. The SMILES string of the molecule is COc1ccc(/C=C/C2=Cc3ccc(OC)cc3OC2)cc1. The van der Waals surface area contributed by atoms with Crippen molar-refractivity contribution in [2.45, 2.75) is 0 Å². The number of hydrogen-bond donors (Lipinski definition) is 0. The molecule has 1 aliphatic rings. The van der Waals surface area contributed by atoms with Crippen LogP contribution in [0.15, 0.2) is 54.1 Å². The summed E-state index contributed by atoms with van der Waals surface area (Å²) in [5.74, 6) is 2.53. The summed E-state index contributed by atoms with van der Waals surface area (Å²) >= 11 is 0. The fourth-order valence-electron chi connectivity index (χ4n) is 2.30. The highest BCUT2D eigenvalue weighted by atomic mass is 16.5. The summed E-state index contributed by atoms with van der Waals surface area (Å²) in [6.07, 6.45) is 6.29. The maximum atomic E-state index is 5.78. The third-order valence-electron chi connectivity index (χ3n) is 3.56. The van der Waals surface area contributed by atoms with Crippen molar-refractivity contribution in [3.05, 3.63) is 65.2 Å². The maximum absolute atomic E-state index is 5.78. The van der Waals surface area contributed by atoms with Crippen molar-refractivity contribution in [2.75, 3.05) is 20.8 Å². The number of methoxy groups -OCH3 is 2. The van der Waals surface area contributed by atoms with E-state index in [4.69, 9.17) is 14.2 Å². The molecule has 0 atom stereocenters. The van der Waals surface area contributed by atoms with Crippen molar-refractivity contribution in [3.8, 4) is 17.2 Å². The van der Waals surface area contributed by atoms with Crippen LogP contribution in [0.2, 0.25) is 0 Å². The molecule has 0 aliphatic carbocycles. The third kappa shape index (κ3) is 3.14.